The van der Waals surface area contributed by atoms with Crippen molar-refractivity contribution in [1.29, 1.82) is 0 Å². The van der Waals surface area contributed by atoms with Gasteiger partial charge in [0.1, 0.15) is 5.69 Å². The van der Waals surface area contributed by atoms with E-state index in [-0.39, 0.29) is 0 Å². The topological polar surface area (TPSA) is 55.6 Å². The van der Waals surface area contributed by atoms with Crippen molar-refractivity contribution in [3.05, 3.63) is 30.4 Å². The van der Waals surface area contributed by atoms with Crippen molar-refractivity contribution in [3.8, 4) is 11.4 Å². The Labute approximate surface area is 106 Å². The first-order chi connectivity index (χ1) is 8.83. The van der Waals surface area contributed by atoms with Crippen molar-refractivity contribution in [2.75, 3.05) is 13.1 Å². The number of hydrogen-bond acceptors (Lipinski definition) is 4. The summed E-state index contributed by atoms with van der Waals surface area (Å²) < 4.78 is 1.82. The van der Waals surface area contributed by atoms with Crippen LogP contribution >= 0.6 is 0 Å². The lowest BCUT2D eigenvalue weighted by atomic mass is 10.0. The molecule has 2 aromatic heterocycles. The molecule has 0 bridgehead atoms. The van der Waals surface area contributed by atoms with Crippen LogP contribution in [0, 0.1) is 5.92 Å². The van der Waals surface area contributed by atoms with Crippen molar-refractivity contribution >= 4 is 0 Å². The van der Waals surface area contributed by atoms with Gasteiger partial charge in [-0.25, -0.2) is 4.98 Å². The van der Waals surface area contributed by atoms with Gasteiger partial charge in [-0.1, -0.05) is 0 Å². The summed E-state index contributed by atoms with van der Waals surface area (Å²) in [6.07, 6.45) is 7.69. The third-order valence-corrected chi connectivity index (χ3v) is 3.43. The SMILES string of the molecule is Cn1nccc1-c1cncc(C[C@H]2CCNC2)n1. The monoisotopic (exact) mass is 243 g/mol. The zero-order valence-corrected chi connectivity index (χ0v) is 10.5. The zero-order chi connectivity index (χ0) is 12.4. The second-order valence-corrected chi connectivity index (χ2v) is 4.80. The first-order valence-electron chi connectivity index (χ1n) is 6.33. The van der Waals surface area contributed by atoms with E-state index in [9.17, 15) is 0 Å². The molecular weight excluding hydrogens is 226 g/mol. The van der Waals surface area contributed by atoms with Gasteiger partial charge in [0.05, 0.1) is 17.6 Å². The normalized spacial score (nSPS) is 19.3. The number of hydrogen-bond donors (Lipinski definition) is 1. The summed E-state index contributed by atoms with van der Waals surface area (Å²) >= 11 is 0. The molecule has 1 atom stereocenters. The van der Waals surface area contributed by atoms with E-state index in [1.807, 2.05) is 24.0 Å². The standard InChI is InChI=1S/C13H17N5/c1-18-13(3-5-16-18)12-9-15-8-11(17-12)6-10-2-4-14-7-10/h3,5,8-10,14H,2,4,6-7H2,1H3/t10-/m1/s1. The molecule has 0 saturated carbocycles. The Morgan fingerprint density at radius 3 is 3.11 bits per heavy atom. The first-order valence-corrected chi connectivity index (χ1v) is 6.33. The van der Waals surface area contributed by atoms with Crippen LogP contribution in [0.1, 0.15) is 12.1 Å². The highest BCUT2D eigenvalue weighted by Gasteiger charge is 2.16. The molecule has 94 valence electrons. The average molecular weight is 243 g/mol. The Hall–Kier alpha value is -1.75. The van der Waals surface area contributed by atoms with Crippen molar-refractivity contribution < 1.29 is 0 Å². The highest BCUT2D eigenvalue weighted by molar-refractivity contribution is 5.52. The van der Waals surface area contributed by atoms with E-state index < -0.39 is 0 Å². The molecule has 3 heterocycles. The van der Waals surface area contributed by atoms with Gasteiger partial charge in [-0.3, -0.25) is 9.67 Å². The summed E-state index contributed by atoms with van der Waals surface area (Å²) in [5, 5.41) is 7.55. The quantitative estimate of drug-likeness (QED) is 0.874. The molecular formula is C13H17N5. The fourth-order valence-corrected chi connectivity index (χ4v) is 2.44. The van der Waals surface area contributed by atoms with E-state index >= 15 is 0 Å². The lowest BCUT2D eigenvalue weighted by Crippen LogP contribution is -2.11. The molecule has 0 amide bonds. The second kappa shape index (κ2) is 4.86. The lowest BCUT2D eigenvalue weighted by molar-refractivity contribution is 0.570. The molecule has 5 heteroatoms. The molecule has 18 heavy (non-hydrogen) atoms. The molecule has 2 aromatic rings. The Morgan fingerprint density at radius 1 is 1.44 bits per heavy atom. The summed E-state index contributed by atoms with van der Waals surface area (Å²) in [7, 11) is 1.92. The van der Waals surface area contributed by atoms with Crippen LogP contribution in [-0.2, 0) is 13.5 Å². The van der Waals surface area contributed by atoms with E-state index in [1.54, 1.807) is 12.4 Å². The minimum Gasteiger partial charge on any atom is -0.316 e. The van der Waals surface area contributed by atoms with Crippen molar-refractivity contribution in [2.45, 2.75) is 12.8 Å². The van der Waals surface area contributed by atoms with Crippen LogP contribution in [0.2, 0.25) is 0 Å². The van der Waals surface area contributed by atoms with Gasteiger partial charge in [0.25, 0.3) is 0 Å². The van der Waals surface area contributed by atoms with Gasteiger partial charge in [0, 0.05) is 19.4 Å². The molecule has 5 nitrogen and oxygen atoms in total. The smallest absolute Gasteiger partial charge is 0.107 e. The van der Waals surface area contributed by atoms with E-state index in [0.717, 1.165) is 36.6 Å². The number of aromatic nitrogens is 4. The van der Waals surface area contributed by atoms with E-state index in [0.29, 0.717) is 5.92 Å². The van der Waals surface area contributed by atoms with Crippen LogP contribution in [-0.4, -0.2) is 32.8 Å². The van der Waals surface area contributed by atoms with Crippen LogP contribution in [0.15, 0.2) is 24.7 Å². The maximum atomic E-state index is 4.69. The van der Waals surface area contributed by atoms with Gasteiger partial charge in [0.15, 0.2) is 0 Å². The molecule has 0 spiro atoms. The van der Waals surface area contributed by atoms with Gasteiger partial charge in [-0.05, 0) is 37.9 Å². The van der Waals surface area contributed by atoms with Crippen LogP contribution in [0.25, 0.3) is 11.4 Å². The zero-order valence-electron chi connectivity index (χ0n) is 10.5. The Balaban J connectivity index is 1.82. The summed E-state index contributed by atoms with van der Waals surface area (Å²) in [4.78, 5) is 8.99. The average Bonchev–Trinajstić information content (AvgIpc) is 3.01. The summed E-state index contributed by atoms with van der Waals surface area (Å²) in [5.41, 5.74) is 2.98. The van der Waals surface area contributed by atoms with Crippen LogP contribution in [0.4, 0.5) is 0 Å². The fourth-order valence-electron chi connectivity index (χ4n) is 2.44. The van der Waals surface area contributed by atoms with E-state index in [4.69, 9.17) is 0 Å². The highest BCUT2D eigenvalue weighted by atomic mass is 15.3. The second-order valence-electron chi connectivity index (χ2n) is 4.80. The summed E-state index contributed by atoms with van der Waals surface area (Å²) in [6.45, 7) is 2.22. The molecule has 3 rings (SSSR count). The van der Waals surface area contributed by atoms with Crippen molar-refractivity contribution in [1.82, 2.24) is 25.1 Å². The third-order valence-electron chi connectivity index (χ3n) is 3.43. The van der Waals surface area contributed by atoms with E-state index in [2.05, 4.69) is 20.4 Å². The predicted molar refractivity (Wildman–Crippen MR) is 68.9 cm³/mol. The van der Waals surface area contributed by atoms with Crippen molar-refractivity contribution in [3.63, 3.8) is 0 Å². The molecule has 1 aliphatic heterocycles. The molecule has 0 radical (unpaired) electrons. The van der Waals surface area contributed by atoms with Gasteiger partial charge in [-0.15, -0.1) is 0 Å². The molecule has 1 aliphatic rings. The van der Waals surface area contributed by atoms with Crippen molar-refractivity contribution in [2.24, 2.45) is 13.0 Å². The van der Waals surface area contributed by atoms with Crippen LogP contribution in [0.3, 0.4) is 0 Å². The predicted octanol–water partition coefficient (Wildman–Crippen LogP) is 1.03. The Bertz CT molecular complexity index is 528. The summed E-state index contributed by atoms with van der Waals surface area (Å²) in [6, 6.07) is 1.96. The number of nitrogens with one attached hydrogen (secondary N) is 1. The first kappa shape index (κ1) is 11.3. The van der Waals surface area contributed by atoms with E-state index in [1.165, 1.54) is 6.42 Å². The Morgan fingerprint density at radius 2 is 2.39 bits per heavy atom. The number of aryl methyl sites for hydroxylation is 1. The molecule has 1 saturated heterocycles. The number of rotatable bonds is 3. The van der Waals surface area contributed by atoms with Gasteiger partial charge in [0.2, 0.25) is 0 Å². The Kier molecular flexibility index (Phi) is 3.06. The third kappa shape index (κ3) is 2.26. The maximum absolute atomic E-state index is 4.69. The maximum Gasteiger partial charge on any atom is 0.107 e. The lowest BCUT2D eigenvalue weighted by Gasteiger charge is -2.08. The molecule has 1 fully saturated rings. The van der Waals surface area contributed by atoms with Gasteiger partial charge < -0.3 is 5.32 Å². The van der Waals surface area contributed by atoms with Gasteiger partial charge >= 0.3 is 0 Å². The van der Waals surface area contributed by atoms with Gasteiger partial charge in [-0.2, -0.15) is 5.10 Å². The minimum absolute atomic E-state index is 0.695. The molecule has 1 N–H and O–H groups in total. The van der Waals surface area contributed by atoms with Crippen LogP contribution < -0.4 is 5.32 Å². The fraction of sp³-hybridized carbons (Fsp3) is 0.462. The highest BCUT2D eigenvalue weighted by Crippen LogP contribution is 2.17. The molecule has 0 aromatic carbocycles. The van der Waals surface area contributed by atoms with Crippen LogP contribution in [0.5, 0.6) is 0 Å². The number of nitrogens with zero attached hydrogens (tertiary/aromatic N) is 4. The molecule has 0 aliphatic carbocycles. The summed E-state index contributed by atoms with van der Waals surface area (Å²) in [5.74, 6) is 0.695. The minimum atomic E-state index is 0.695. The molecule has 0 unspecified atom stereocenters. The largest absolute Gasteiger partial charge is 0.316 e.